The molecule has 31 heavy (non-hydrogen) atoms. The summed E-state index contributed by atoms with van der Waals surface area (Å²) in [6, 6.07) is 7.51. The minimum Gasteiger partial charge on any atom is -0.495 e. The van der Waals surface area contributed by atoms with Crippen molar-refractivity contribution in [1.82, 2.24) is 23.1 Å². The average molecular weight is 425 g/mol. The van der Waals surface area contributed by atoms with Crippen LogP contribution in [0.4, 0.5) is 0 Å². The van der Waals surface area contributed by atoms with Crippen molar-refractivity contribution >= 4 is 22.9 Å². The summed E-state index contributed by atoms with van der Waals surface area (Å²) in [6.07, 6.45) is -0.0840. The number of hydrogen-bond acceptors (Lipinski definition) is 6. The molecule has 3 aromatic heterocycles. The first-order chi connectivity index (χ1) is 14.8. The maximum atomic E-state index is 13.3. The summed E-state index contributed by atoms with van der Waals surface area (Å²) >= 11 is 0. The molecular weight excluding hydrogens is 402 g/mol. The Bertz CT molecular complexity index is 1450. The molecule has 0 saturated heterocycles. The Balaban J connectivity index is 2.08. The van der Waals surface area contributed by atoms with Crippen LogP contribution in [0.1, 0.15) is 17.8 Å². The fraction of sp³-hybridized carbons (Fsp3) is 0.333. The molecular formula is C21H23N5O5. The van der Waals surface area contributed by atoms with Crippen LogP contribution in [-0.2, 0) is 23.1 Å². The number of para-hydroxylation sites is 2. The number of esters is 1. The van der Waals surface area contributed by atoms with Crippen LogP contribution in [0.2, 0.25) is 0 Å². The summed E-state index contributed by atoms with van der Waals surface area (Å²) in [4.78, 5) is 42.3. The second-order valence-corrected chi connectivity index (χ2v) is 7.22. The summed E-state index contributed by atoms with van der Waals surface area (Å²) in [5.41, 5.74) is 1.95. The lowest BCUT2D eigenvalue weighted by atomic mass is 10.2. The van der Waals surface area contributed by atoms with Gasteiger partial charge in [0.1, 0.15) is 5.75 Å². The maximum Gasteiger partial charge on any atom is 0.332 e. The molecule has 10 nitrogen and oxygen atoms in total. The summed E-state index contributed by atoms with van der Waals surface area (Å²) in [6.45, 7) is 3.74. The van der Waals surface area contributed by atoms with E-state index in [1.807, 2.05) is 42.7 Å². The molecule has 1 aromatic carbocycles. The third kappa shape index (κ3) is 2.94. The molecule has 0 fully saturated rings. The number of benzene rings is 1. The number of aryl methyl sites for hydroxylation is 2. The van der Waals surface area contributed by atoms with Crippen LogP contribution in [0.25, 0.3) is 22.6 Å². The van der Waals surface area contributed by atoms with Crippen molar-refractivity contribution in [1.29, 1.82) is 0 Å². The van der Waals surface area contributed by atoms with Crippen LogP contribution in [0.5, 0.6) is 5.75 Å². The maximum absolute atomic E-state index is 13.3. The molecule has 162 valence electrons. The molecule has 4 aromatic rings. The van der Waals surface area contributed by atoms with Crippen LogP contribution >= 0.6 is 0 Å². The molecule has 0 saturated carbocycles. The second-order valence-electron chi connectivity index (χ2n) is 7.22. The number of aromatic nitrogens is 5. The van der Waals surface area contributed by atoms with Gasteiger partial charge >= 0.3 is 11.7 Å². The Morgan fingerprint density at radius 1 is 1.10 bits per heavy atom. The molecule has 0 atom stereocenters. The van der Waals surface area contributed by atoms with E-state index in [-0.39, 0.29) is 24.1 Å². The minimum absolute atomic E-state index is 0.0768. The van der Waals surface area contributed by atoms with E-state index in [0.717, 1.165) is 21.6 Å². The quantitative estimate of drug-likeness (QED) is 0.447. The minimum atomic E-state index is -0.541. The summed E-state index contributed by atoms with van der Waals surface area (Å²) in [5, 5.41) is 0. The summed E-state index contributed by atoms with van der Waals surface area (Å²) in [7, 11) is 4.41. The van der Waals surface area contributed by atoms with Crippen molar-refractivity contribution < 1.29 is 14.3 Å². The van der Waals surface area contributed by atoms with Crippen LogP contribution in [-0.4, -0.2) is 43.3 Å². The van der Waals surface area contributed by atoms with Gasteiger partial charge in [-0.2, -0.15) is 4.98 Å². The third-order valence-electron chi connectivity index (χ3n) is 5.61. The lowest BCUT2D eigenvalue weighted by molar-refractivity contribution is -0.140. The largest absolute Gasteiger partial charge is 0.495 e. The standard InChI is InChI=1S/C21H23N5O5/c1-12-13(2)26-17-18(22-20(26)25(12)14-8-6-7-9-15(14)30-4)23(3)21(29)24(19(17)28)11-10-16(27)31-5/h6-9H,10-11H2,1-5H3. The zero-order valence-corrected chi connectivity index (χ0v) is 18.0. The zero-order valence-electron chi connectivity index (χ0n) is 18.0. The van der Waals surface area contributed by atoms with E-state index in [0.29, 0.717) is 11.5 Å². The first kappa shape index (κ1) is 20.5. The number of fused-ring (bicyclic) bond motifs is 3. The van der Waals surface area contributed by atoms with Crippen molar-refractivity contribution in [2.75, 3.05) is 14.2 Å². The zero-order chi connectivity index (χ0) is 22.4. The highest BCUT2D eigenvalue weighted by Crippen LogP contribution is 2.29. The van der Waals surface area contributed by atoms with Gasteiger partial charge < -0.3 is 9.47 Å². The average Bonchev–Trinajstić information content (AvgIpc) is 3.27. The number of ether oxygens (including phenoxy) is 2. The molecule has 0 radical (unpaired) electrons. The number of methoxy groups -OCH3 is 2. The van der Waals surface area contributed by atoms with Gasteiger partial charge in [-0.1, -0.05) is 12.1 Å². The molecule has 0 amide bonds. The van der Waals surface area contributed by atoms with Gasteiger partial charge in [-0.15, -0.1) is 0 Å². The van der Waals surface area contributed by atoms with Crippen molar-refractivity contribution in [2.45, 2.75) is 26.8 Å². The van der Waals surface area contributed by atoms with Crippen LogP contribution in [0.15, 0.2) is 33.9 Å². The van der Waals surface area contributed by atoms with Crippen LogP contribution in [0.3, 0.4) is 0 Å². The highest BCUT2D eigenvalue weighted by atomic mass is 16.5. The SMILES string of the molecule is COC(=O)CCn1c(=O)c2c(nc3n(-c4ccccc4OC)c(C)c(C)n23)n(C)c1=O. The molecule has 0 aliphatic rings. The van der Waals surface area contributed by atoms with E-state index in [9.17, 15) is 14.4 Å². The fourth-order valence-electron chi connectivity index (χ4n) is 3.86. The van der Waals surface area contributed by atoms with Crippen molar-refractivity contribution in [3.05, 3.63) is 56.5 Å². The van der Waals surface area contributed by atoms with E-state index in [4.69, 9.17) is 4.74 Å². The van der Waals surface area contributed by atoms with Gasteiger partial charge in [-0.25, -0.2) is 4.79 Å². The van der Waals surface area contributed by atoms with Gasteiger partial charge in [0.15, 0.2) is 11.2 Å². The third-order valence-corrected chi connectivity index (χ3v) is 5.61. The Labute approximate surface area is 176 Å². The van der Waals surface area contributed by atoms with Gasteiger partial charge in [0.25, 0.3) is 5.56 Å². The molecule has 3 heterocycles. The monoisotopic (exact) mass is 425 g/mol. The number of carbonyl (C=O) groups excluding carboxylic acids is 1. The van der Waals surface area contributed by atoms with Crippen LogP contribution < -0.4 is 16.0 Å². The van der Waals surface area contributed by atoms with Gasteiger partial charge in [0.05, 0.1) is 26.3 Å². The van der Waals surface area contributed by atoms with Crippen molar-refractivity contribution in [2.24, 2.45) is 7.05 Å². The lowest BCUT2D eigenvalue weighted by Crippen LogP contribution is -2.40. The summed E-state index contributed by atoms with van der Waals surface area (Å²) in [5.74, 6) is 0.647. The van der Waals surface area contributed by atoms with Gasteiger partial charge in [-0.05, 0) is 26.0 Å². The first-order valence-corrected chi connectivity index (χ1v) is 9.71. The van der Waals surface area contributed by atoms with Gasteiger partial charge in [0.2, 0.25) is 5.78 Å². The first-order valence-electron chi connectivity index (χ1n) is 9.71. The van der Waals surface area contributed by atoms with E-state index in [1.54, 1.807) is 18.6 Å². The van der Waals surface area contributed by atoms with E-state index >= 15 is 0 Å². The van der Waals surface area contributed by atoms with E-state index in [1.165, 1.54) is 11.7 Å². The van der Waals surface area contributed by atoms with Gasteiger partial charge in [-0.3, -0.25) is 27.7 Å². The molecule has 10 heteroatoms. The fourth-order valence-corrected chi connectivity index (χ4v) is 3.86. The van der Waals surface area contributed by atoms with E-state index in [2.05, 4.69) is 9.72 Å². The summed E-state index contributed by atoms with van der Waals surface area (Å²) < 4.78 is 16.2. The Kier molecular flexibility index (Phi) is 4.92. The molecule has 0 unspecified atom stereocenters. The normalized spacial score (nSPS) is 11.4. The number of nitrogens with zero attached hydrogens (tertiary/aromatic N) is 5. The topological polar surface area (TPSA) is 102 Å². The Morgan fingerprint density at radius 3 is 2.48 bits per heavy atom. The van der Waals surface area contributed by atoms with Crippen molar-refractivity contribution in [3.8, 4) is 11.4 Å². The highest BCUT2D eigenvalue weighted by molar-refractivity contribution is 5.77. The second kappa shape index (κ2) is 7.46. The van der Waals surface area contributed by atoms with Crippen LogP contribution in [0, 0.1) is 13.8 Å². The predicted octanol–water partition coefficient (Wildman–Crippen LogP) is 1.33. The molecule has 0 N–H and O–H groups in total. The molecule has 0 bridgehead atoms. The molecule has 0 aliphatic carbocycles. The van der Waals surface area contributed by atoms with Gasteiger partial charge in [0, 0.05) is 25.0 Å². The number of rotatable bonds is 5. The molecule has 0 spiro atoms. The van der Waals surface area contributed by atoms with E-state index < -0.39 is 17.2 Å². The number of hydrogen-bond donors (Lipinski definition) is 0. The Morgan fingerprint density at radius 2 is 1.81 bits per heavy atom. The predicted molar refractivity (Wildman–Crippen MR) is 114 cm³/mol. The molecule has 0 aliphatic heterocycles. The Hall–Kier alpha value is -3.82. The van der Waals surface area contributed by atoms with Crippen molar-refractivity contribution in [3.63, 3.8) is 0 Å². The lowest BCUT2D eigenvalue weighted by Gasteiger charge is -2.11. The smallest absolute Gasteiger partial charge is 0.332 e. The number of imidazole rings is 2. The molecule has 4 rings (SSSR count). The number of carbonyl (C=O) groups is 1. The highest BCUT2D eigenvalue weighted by Gasteiger charge is 2.24.